The SMILES string of the molecule is COC(=O)c1c(C[NH+]2Cc3ccccc3C[C@@H]2C(=O)OC)nc2ccccc2c1C. The van der Waals surface area contributed by atoms with Gasteiger partial charge in [0.1, 0.15) is 18.8 Å². The lowest BCUT2D eigenvalue weighted by Gasteiger charge is -2.32. The summed E-state index contributed by atoms with van der Waals surface area (Å²) in [5, 5.41) is 0.921. The predicted octanol–water partition coefficient (Wildman–Crippen LogP) is 2.01. The minimum atomic E-state index is -0.410. The maximum atomic E-state index is 12.6. The second-order valence-corrected chi connectivity index (χ2v) is 7.63. The molecule has 6 nitrogen and oxygen atoms in total. The number of hydrogen-bond acceptors (Lipinski definition) is 5. The first-order valence-electron chi connectivity index (χ1n) is 9.99. The standard InChI is InChI=1S/C24H24N2O4/c1-15-18-10-6-7-11-19(18)25-20(22(15)24(28)30-3)14-26-13-17-9-5-4-8-16(17)12-21(26)23(27)29-2/h4-11,21H,12-14H2,1-3H3/p+1/t21-/m1/s1. The van der Waals surface area contributed by atoms with E-state index in [9.17, 15) is 9.59 Å². The van der Waals surface area contributed by atoms with Crippen LogP contribution < -0.4 is 4.90 Å². The van der Waals surface area contributed by atoms with Gasteiger partial charge in [0.15, 0.2) is 6.04 Å². The van der Waals surface area contributed by atoms with Crippen LogP contribution in [0, 0.1) is 6.92 Å². The summed E-state index contributed by atoms with van der Waals surface area (Å²) < 4.78 is 10.2. The molecule has 6 heteroatoms. The zero-order valence-corrected chi connectivity index (χ0v) is 17.4. The summed E-state index contributed by atoms with van der Waals surface area (Å²) in [5.41, 5.74) is 5.14. The first-order valence-corrected chi connectivity index (χ1v) is 9.99. The fourth-order valence-corrected chi connectivity index (χ4v) is 4.40. The van der Waals surface area contributed by atoms with Crippen molar-refractivity contribution in [2.75, 3.05) is 14.2 Å². The minimum Gasteiger partial charge on any atom is -0.465 e. The van der Waals surface area contributed by atoms with Crippen LogP contribution in [0.3, 0.4) is 0 Å². The number of aromatic nitrogens is 1. The molecular formula is C24H25N2O4+. The average Bonchev–Trinajstić information content (AvgIpc) is 2.78. The maximum Gasteiger partial charge on any atom is 0.365 e. The molecular weight excluding hydrogens is 380 g/mol. The van der Waals surface area contributed by atoms with Crippen LogP contribution in [-0.2, 0) is 33.8 Å². The Morgan fingerprint density at radius 3 is 2.47 bits per heavy atom. The second kappa shape index (κ2) is 8.24. The van der Waals surface area contributed by atoms with Gasteiger partial charge in [-0.15, -0.1) is 0 Å². The van der Waals surface area contributed by atoms with Crippen molar-refractivity contribution < 1.29 is 24.0 Å². The first kappa shape index (κ1) is 20.0. The fraction of sp³-hybridized carbons (Fsp3) is 0.292. The first-order chi connectivity index (χ1) is 14.5. The largest absolute Gasteiger partial charge is 0.465 e. The monoisotopic (exact) mass is 405 g/mol. The van der Waals surface area contributed by atoms with Gasteiger partial charge in [-0.2, -0.15) is 0 Å². The molecule has 4 rings (SSSR count). The lowest BCUT2D eigenvalue weighted by atomic mass is 9.93. The summed E-state index contributed by atoms with van der Waals surface area (Å²) in [7, 11) is 2.79. The number of esters is 2. The Morgan fingerprint density at radius 1 is 1.03 bits per heavy atom. The molecule has 2 aromatic carbocycles. The van der Waals surface area contributed by atoms with Gasteiger partial charge in [0, 0.05) is 17.4 Å². The molecule has 1 aromatic heterocycles. The van der Waals surface area contributed by atoms with Crippen LogP contribution >= 0.6 is 0 Å². The number of methoxy groups -OCH3 is 2. The van der Waals surface area contributed by atoms with Crippen molar-refractivity contribution in [1.82, 2.24) is 4.98 Å². The lowest BCUT2D eigenvalue weighted by molar-refractivity contribution is -0.946. The van der Waals surface area contributed by atoms with Crippen LogP contribution in [0.1, 0.15) is 32.7 Å². The molecule has 1 unspecified atom stereocenters. The number of para-hydroxylation sites is 1. The number of hydrogen-bond donors (Lipinski definition) is 1. The maximum absolute atomic E-state index is 12.6. The molecule has 1 aliphatic rings. The number of pyridine rings is 1. The van der Waals surface area contributed by atoms with Gasteiger partial charge in [-0.25, -0.2) is 14.6 Å². The molecule has 30 heavy (non-hydrogen) atoms. The van der Waals surface area contributed by atoms with E-state index in [1.54, 1.807) is 0 Å². The Kier molecular flexibility index (Phi) is 5.50. The summed E-state index contributed by atoms with van der Waals surface area (Å²) in [6.45, 7) is 2.99. The van der Waals surface area contributed by atoms with Gasteiger partial charge in [-0.05, 0) is 24.1 Å². The number of quaternary nitrogens is 1. The van der Waals surface area contributed by atoms with Gasteiger partial charge in [-0.1, -0.05) is 42.5 Å². The van der Waals surface area contributed by atoms with E-state index in [0.29, 0.717) is 30.8 Å². The molecule has 0 spiro atoms. The van der Waals surface area contributed by atoms with Gasteiger partial charge in [0.25, 0.3) is 0 Å². The highest BCUT2D eigenvalue weighted by molar-refractivity contribution is 5.98. The second-order valence-electron chi connectivity index (χ2n) is 7.63. The van der Waals surface area contributed by atoms with Crippen molar-refractivity contribution in [1.29, 1.82) is 0 Å². The van der Waals surface area contributed by atoms with Crippen molar-refractivity contribution in [2.24, 2.45) is 0 Å². The van der Waals surface area contributed by atoms with E-state index in [1.807, 2.05) is 43.3 Å². The van der Waals surface area contributed by atoms with E-state index in [4.69, 9.17) is 14.5 Å². The van der Waals surface area contributed by atoms with Crippen molar-refractivity contribution in [2.45, 2.75) is 32.5 Å². The third kappa shape index (κ3) is 3.55. The number of aryl methyl sites for hydroxylation is 1. The van der Waals surface area contributed by atoms with Crippen LogP contribution in [0.25, 0.3) is 10.9 Å². The molecule has 154 valence electrons. The van der Waals surface area contributed by atoms with Crippen molar-refractivity contribution >= 4 is 22.8 Å². The van der Waals surface area contributed by atoms with E-state index in [1.165, 1.54) is 19.8 Å². The van der Waals surface area contributed by atoms with Gasteiger partial charge < -0.3 is 14.4 Å². The highest BCUT2D eigenvalue weighted by Gasteiger charge is 2.37. The molecule has 0 fully saturated rings. The van der Waals surface area contributed by atoms with Crippen LogP contribution in [0.4, 0.5) is 0 Å². The Labute approximate surface area is 175 Å². The van der Waals surface area contributed by atoms with Crippen LogP contribution in [-0.4, -0.2) is 37.2 Å². The molecule has 0 amide bonds. The fourth-order valence-electron chi connectivity index (χ4n) is 4.40. The number of nitrogens with zero attached hydrogens (tertiary/aromatic N) is 1. The van der Waals surface area contributed by atoms with Gasteiger partial charge in [0.2, 0.25) is 0 Å². The van der Waals surface area contributed by atoms with Crippen molar-refractivity contribution in [3.63, 3.8) is 0 Å². The van der Waals surface area contributed by atoms with Gasteiger partial charge >= 0.3 is 11.9 Å². The van der Waals surface area contributed by atoms with Crippen molar-refractivity contribution in [3.8, 4) is 0 Å². The number of fused-ring (bicyclic) bond motifs is 2. The molecule has 1 aliphatic heterocycles. The van der Waals surface area contributed by atoms with E-state index >= 15 is 0 Å². The molecule has 2 atom stereocenters. The number of ether oxygens (including phenoxy) is 2. The Hall–Kier alpha value is -3.25. The molecule has 2 heterocycles. The summed E-state index contributed by atoms with van der Waals surface area (Å²) in [4.78, 5) is 31.0. The zero-order valence-electron chi connectivity index (χ0n) is 17.4. The summed E-state index contributed by atoms with van der Waals surface area (Å²) in [5.74, 6) is -0.663. The molecule has 0 aliphatic carbocycles. The number of rotatable bonds is 4. The quantitative estimate of drug-likeness (QED) is 0.673. The molecule has 0 saturated heterocycles. The summed E-state index contributed by atoms with van der Waals surface area (Å²) in [6, 6.07) is 15.5. The molecule has 1 N–H and O–H groups in total. The van der Waals surface area contributed by atoms with E-state index < -0.39 is 5.97 Å². The summed E-state index contributed by atoms with van der Waals surface area (Å²) in [6.07, 6.45) is 0.596. The number of nitrogens with one attached hydrogen (secondary N) is 1. The smallest absolute Gasteiger partial charge is 0.365 e. The highest BCUT2D eigenvalue weighted by atomic mass is 16.5. The van der Waals surface area contributed by atoms with Crippen LogP contribution in [0.15, 0.2) is 48.5 Å². The van der Waals surface area contributed by atoms with Gasteiger partial charge in [-0.3, -0.25) is 0 Å². The molecule has 0 saturated carbocycles. The number of benzene rings is 2. The van der Waals surface area contributed by atoms with Crippen molar-refractivity contribution in [3.05, 3.63) is 76.5 Å². The number of carbonyl (C=O) groups excluding carboxylic acids is 2. The van der Waals surface area contributed by atoms with Gasteiger partial charge in [0.05, 0.1) is 25.3 Å². The molecule has 0 radical (unpaired) electrons. The van der Waals surface area contributed by atoms with E-state index in [0.717, 1.165) is 26.9 Å². The third-order valence-corrected chi connectivity index (χ3v) is 5.95. The Balaban J connectivity index is 1.80. The predicted molar refractivity (Wildman–Crippen MR) is 112 cm³/mol. The number of carbonyl (C=O) groups is 2. The zero-order chi connectivity index (χ0) is 21.3. The Morgan fingerprint density at radius 2 is 1.73 bits per heavy atom. The van der Waals surface area contributed by atoms with Crippen LogP contribution in [0.2, 0.25) is 0 Å². The average molecular weight is 405 g/mol. The third-order valence-electron chi connectivity index (χ3n) is 5.95. The Bertz CT molecular complexity index is 1130. The normalized spacial score (nSPS) is 18.0. The molecule has 3 aromatic rings. The lowest BCUT2D eigenvalue weighted by Crippen LogP contribution is -3.15. The minimum absolute atomic E-state index is 0.253. The van der Waals surface area contributed by atoms with E-state index in [-0.39, 0.29) is 12.0 Å². The van der Waals surface area contributed by atoms with E-state index in [2.05, 4.69) is 12.1 Å². The topological polar surface area (TPSA) is 69.9 Å². The highest BCUT2D eigenvalue weighted by Crippen LogP contribution is 2.24. The van der Waals surface area contributed by atoms with Crippen LogP contribution in [0.5, 0.6) is 0 Å². The summed E-state index contributed by atoms with van der Waals surface area (Å²) >= 11 is 0. The molecule has 0 bridgehead atoms.